The first-order chi connectivity index (χ1) is 12.9. The van der Waals surface area contributed by atoms with Gasteiger partial charge in [0.15, 0.2) is 5.76 Å². The molecule has 0 aromatic carbocycles. The van der Waals surface area contributed by atoms with E-state index in [0.29, 0.717) is 30.7 Å². The lowest BCUT2D eigenvalue weighted by Gasteiger charge is -2.54. The lowest BCUT2D eigenvalue weighted by molar-refractivity contribution is -0.0123. The quantitative estimate of drug-likeness (QED) is 0.854. The standard InChI is InChI=1S/C20H28N2O4S/c1-12-18(27(24,25)22-4-2-3-5-22)11-17(26-12)20(23)21-19-15-7-13-6-14(9-15)10-16(19)8-13/h11,13-16,19H,2-10H2,1H3,(H,21,23). The normalized spacial score (nSPS) is 35.7. The van der Waals surface area contributed by atoms with Crippen molar-refractivity contribution in [3.8, 4) is 0 Å². The fraction of sp³-hybridized carbons (Fsp3) is 0.750. The number of aryl methyl sites for hydroxylation is 1. The van der Waals surface area contributed by atoms with Crippen molar-refractivity contribution in [2.24, 2.45) is 23.7 Å². The van der Waals surface area contributed by atoms with E-state index in [0.717, 1.165) is 24.7 Å². The highest BCUT2D eigenvalue weighted by Gasteiger charge is 2.48. The molecule has 1 amide bonds. The molecule has 4 bridgehead atoms. The zero-order valence-electron chi connectivity index (χ0n) is 15.8. The topological polar surface area (TPSA) is 79.6 Å². The molecule has 7 heteroatoms. The number of nitrogens with one attached hydrogen (secondary N) is 1. The second-order valence-electron chi connectivity index (χ2n) is 9.07. The van der Waals surface area contributed by atoms with Gasteiger partial charge in [0.25, 0.3) is 5.91 Å². The van der Waals surface area contributed by atoms with Crippen molar-refractivity contribution < 1.29 is 17.6 Å². The molecule has 1 aromatic heterocycles. The number of sulfonamides is 1. The second kappa shape index (κ2) is 6.34. The molecular weight excluding hydrogens is 364 g/mol. The van der Waals surface area contributed by atoms with Crippen LogP contribution in [0.4, 0.5) is 0 Å². The van der Waals surface area contributed by atoms with Crippen LogP contribution in [0, 0.1) is 30.6 Å². The van der Waals surface area contributed by atoms with E-state index in [4.69, 9.17) is 4.42 Å². The van der Waals surface area contributed by atoms with Crippen molar-refractivity contribution in [1.82, 2.24) is 9.62 Å². The van der Waals surface area contributed by atoms with E-state index in [1.807, 2.05) is 0 Å². The van der Waals surface area contributed by atoms with Crippen LogP contribution in [0.1, 0.15) is 61.3 Å². The minimum Gasteiger partial charge on any atom is -0.455 e. The monoisotopic (exact) mass is 392 g/mol. The summed E-state index contributed by atoms with van der Waals surface area (Å²) in [7, 11) is -3.57. The molecule has 5 aliphatic rings. The summed E-state index contributed by atoms with van der Waals surface area (Å²) in [4.78, 5) is 13.0. The number of furan rings is 1. The summed E-state index contributed by atoms with van der Waals surface area (Å²) in [5.41, 5.74) is 0. The Morgan fingerprint density at radius 1 is 1.07 bits per heavy atom. The van der Waals surface area contributed by atoms with Crippen molar-refractivity contribution in [3.63, 3.8) is 0 Å². The van der Waals surface area contributed by atoms with Gasteiger partial charge in [-0.15, -0.1) is 0 Å². The molecule has 5 fully saturated rings. The number of hydrogen-bond acceptors (Lipinski definition) is 4. The number of nitrogens with zero attached hydrogens (tertiary/aromatic N) is 1. The van der Waals surface area contributed by atoms with Gasteiger partial charge in [-0.05, 0) is 75.5 Å². The average Bonchev–Trinajstić information content (AvgIpc) is 3.27. The van der Waals surface area contributed by atoms with Gasteiger partial charge >= 0.3 is 0 Å². The van der Waals surface area contributed by atoms with Crippen LogP contribution in [0.25, 0.3) is 0 Å². The summed E-state index contributed by atoms with van der Waals surface area (Å²) < 4.78 is 32.7. The Morgan fingerprint density at radius 3 is 2.26 bits per heavy atom. The Kier molecular flexibility index (Phi) is 4.17. The molecule has 0 unspecified atom stereocenters. The number of hydrogen-bond donors (Lipinski definition) is 1. The highest BCUT2D eigenvalue weighted by Crippen LogP contribution is 2.53. The van der Waals surface area contributed by atoms with Gasteiger partial charge in [-0.2, -0.15) is 4.31 Å². The minimum atomic E-state index is -3.57. The Balaban J connectivity index is 1.34. The van der Waals surface area contributed by atoms with Gasteiger partial charge in [0.05, 0.1) is 0 Å². The number of amides is 1. The van der Waals surface area contributed by atoms with E-state index >= 15 is 0 Å². The molecule has 1 N–H and O–H groups in total. The average molecular weight is 393 g/mol. The van der Waals surface area contributed by atoms with E-state index in [-0.39, 0.29) is 22.6 Å². The van der Waals surface area contributed by atoms with Gasteiger partial charge < -0.3 is 9.73 Å². The van der Waals surface area contributed by atoms with Crippen molar-refractivity contribution >= 4 is 15.9 Å². The molecule has 6 rings (SSSR count). The van der Waals surface area contributed by atoms with E-state index in [9.17, 15) is 13.2 Å². The highest BCUT2D eigenvalue weighted by atomic mass is 32.2. The second-order valence-corrected chi connectivity index (χ2v) is 11.0. The number of rotatable bonds is 4. The summed E-state index contributed by atoms with van der Waals surface area (Å²) in [6.07, 6.45) is 8.05. The summed E-state index contributed by atoms with van der Waals surface area (Å²) in [6.45, 7) is 2.72. The van der Waals surface area contributed by atoms with Crippen LogP contribution in [0.15, 0.2) is 15.4 Å². The third-order valence-corrected chi connectivity index (χ3v) is 9.31. The van der Waals surface area contributed by atoms with Gasteiger partial charge in [-0.25, -0.2) is 8.42 Å². The predicted octanol–water partition coefficient (Wildman–Crippen LogP) is 2.93. The van der Waals surface area contributed by atoms with Crippen molar-refractivity contribution in [3.05, 3.63) is 17.6 Å². The van der Waals surface area contributed by atoms with Crippen LogP contribution in [0.2, 0.25) is 0 Å². The summed E-state index contributed by atoms with van der Waals surface area (Å²) >= 11 is 0. The Morgan fingerprint density at radius 2 is 1.67 bits per heavy atom. The van der Waals surface area contributed by atoms with E-state index in [1.54, 1.807) is 6.92 Å². The molecule has 2 heterocycles. The van der Waals surface area contributed by atoms with Gasteiger partial charge in [0.2, 0.25) is 10.0 Å². The fourth-order valence-electron chi connectivity index (χ4n) is 6.28. The van der Waals surface area contributed by atoms with Gasteiger partial charge in [0.1, 0.15) is 10.7 Å². The van der Waals surface area contributed by atoms with Gasteiger partial charge in [-0.1, -0.05) is 0 Å². The van der Waals surface area contributed by atoms with Gasteiger partial charge in [0, 0.05) is 25.2 Å². The first-order valence-corrected chi connectivity index (χ1v) is 11.8. The van der Waals surface area contributed by atoms with Crippen molar-refractivity contribution in [1.29, 1.82) is 0 Å². The molecule has 0 atom stereocenters. The van der Waals surface area contributed by atoms with Crippen molar-refractivity contribution in [2.45, 2.75) is 62.8 Å². The fourth-order valence-corrected chi connectivity index (χ4v) is 7.96. The van der Waals surface area contributed by atoms with E-state index < -0.39 is 10.0 Å². The van der Waals surface area contributed by atoms with E-state index in [2.05, 4.69) is 5.32 Å². The smallest absolute Gasteiger partial charge is 0.287 e. The summed E-state index contributed by atoms with van der Waals surface area (Å²) in [5, 5.41) is 3.20. The van der Waals surface area contributed by atoms with Crippen LogP contribution in [0.5, 0.6) is 0 Å². The largest absolute Gasteiger partial charge is 0.455 e. The van der Waals surface area contributed by atoms with Crippen LogP contribution in [0.3, 0.4) is 0 Å². The zero-order chi connectivity index (χ0) is 18.8. The molecule has 0 spiro atoms. The zero-order valence-corrected chi connectivity index (χ0v) is 16.6. The van der Waals surface area contributed by atoms with E-state index in [1.165, 1.54) is 42.5 Å². The minimum absolute atomic E-state index is 0.124. The lowest BCUT2D eigenvalue weighted by atomic mass is 9.54. The molecular formula is C20H28N2O4S. The molecule has 4 saturated carbocycles. The SMILES string of the molecule is Cc1oc(C(=O)NC2C3CC4CC(C3)CC2C4)cc1S(=O)(=O)N1CCCC1. The van der Waals surface area contributed by atoms with Crippen LogP contribution in [-0.2, 0) is 10.0 Å². The number of carbonyl (C=O) groups excluding carboxylic acids is 1. The molecule has 0 radical (unpaired) electrons. The molecule has 1 aromatic rings. The Bertz CT molecular complexity index is 825. The number of carbonyl (C=O) groups is 1. The maximum Gasteiger partial charge on any atom is 0.287 e. The van der Waals surface area contributed by atoms with Crippen LogP contribution >= 0.6 is 0 Å². The summed E-state index contributed by atoms with van der Waals surface area (Å²) in [6, 6.07) is 1.64. The third kappa shape index (κ3) is 2.94. The predicted molar refractivity (Wildman–Crippen MR) is 99.7 cm³/mol. The Hall–Kier alpha value is -1.34. The van der Waals surface area contributed by atoms with Crippen LogP contribution in [-0.4, -0.2) is 37.8 Å². The first-order valence-electron chi connectivity index (χ1n) is 10.3. The third-order valence-electron chi connectivity index (χ3n) is 7.30. The lowest BCUT2D eigenvalue weighted by Crippen LogP contribution is -2.55. The molecule has 27 heavy (non-hydrogen) atoms. The van der Waals surface area contributed by atoms with Gasteiger partial charge in [-0.3, -0.25) is 4.79 Å². The molecule has 1 aliphatic heterocycles. The van der Waals surface area contributed by atoms with Crippen molar-refractivity contribution in [2.75, 3.05) is 13.1 Å². The highest BCUT2D eigenvalue weighted by molar-refractivity contribution is 7.89. The molecule has 4 aliphatic carbocycles. The molecule has 148 valence electrons. The molecule has 1 saturated heterocycles. The first kappa shape index (κ1) is 17.7. The van der Waals surface area contributed by atoms with Crippen LogP contribution < -0.4 is 5.32 Å². The summed E-state index contributed by atoms with van der Waals surface area (Å²) in [5.74, 6) is 3.02. The molecule has 6 nitrogen and oxygen atoms in total. The maximum atomic E-state index is 12.8. The maximum absolute atomic E-state index is 12.8. The Labute approximate surface area is 160 Å².